The van der Waals surface area contributed by atoms with Gasteiger partial charge >= 0.3 is 0 Å². The van der Waals surface area contributed by atoms with Crippen molar-refractivity contribution in [2.24, 2.45) is 11.5 Å². The third-order valence-electron chi connectivity index (χ3n) is 3.93. The fourth-order valence-electron chi connectivity index (χ4n) is 2.70. The van der Waals surface area contributed by atoms with Crippen LogP contribution in [0.1, 0.15) is 32.6 Å². The van der Waals surface area contributed by atoms with E-state index in [2.05, 4.69) is 0 Å². The van der Waals surface area contributed by atoms with Crippen molar-refractivity contribution >= 4 is 11.8 Å². The lowest BCUT2D eigenvalue weighted by atomic mass is 9.94. The molecule has 1 heterocycles. The number of aliphatic hydroxyl groups is 3. The van der Waals surface area contributed by atoms with Crippen LogP contribution in [-0.2, 0) is 14.3 Å². The van der Waals surface area contributed by atoms with E-state index in [1.165, 1.54) is 6.92 Å². The number of hydrogen-bond acceptors (Lipinski definition) is 8. The van der Waals surface area contributed by atoms with Crippen molar-refractivity contribution in [1.82, 2.24) is 4.90 Å². The van der Waals surface area contributed by atoms with Crippen LogP contribution in [0.2, 0.25) is 0 Å². The number of carbonyl (C=O) groups excluding carboxylic acids is 2. The van der Waals surface area contributed by atoms with Crippen LogP contribution in [0.25, 0.3) is 0 Å². The van der Waals surface area contributed by atoms with Crippen molar-refractivity contribution in [1.29, 1.82) is 0 Å². The van der Waals surface area contributed by atoms with Gasteiger partial charge in [-0.1, -0.05) is 6.42 Å². The molecule has 1 aliphatic heterocycles. The fourth-order valence-corrected chi connectivity index (χ4v) is 2.70. The number of unbranched alkanes of at least 4 members (excludes halogenated alkanes) is 2. The summed E-state index contributed by atoms with van der Waals surface area (Å²) in [7, 11) is 0. The van der Waals surface area contributed by atoms with E-state index in [0.717, 1.165) is 17.7 Å². The van der Waals surface area contributed by atoms with Crippen molar-refractivity contribution in [2.45, 2.75) is 63.2 Å². The largest absolute Gasteiger partial charge is 0.394 e. The van der Waals surface area contributed by atoms with Crippen LogP contribution < -0.4 is 11.5 Å². The standard InChI is InChI=1S/C14H27N3O6/c1-8(19)17(10(20)5-3-2-4-6-15)11-13(22)12(21)9(7-18)23-14(11)16/h9,11-14,18,21-22H,2-7,15-16H2,1H3. The van der Waals surface area contributed by atoms with Crippen LogP contribution >= 0.6 is 0 Å². The van der Waals surface area contributed by atoms with Crippen molar-refractivity contribution in [3.05, 3.63) is 0 Å². The number of rotatable bonds is 7. The molecule has 0 aromatic heterocycles. The Balaban J connectivity index is 2.83. The SMILES string of the molecule is CC(=O)N(C(=O)CCCCCN)C1C(N)OC(CO)C(O)C1O. The molecule has 5 unspecified atom stereocenters. The zero-order valence-corrected chi connectivity index (χ0v) is 13.3. The lowest BCUT2D eigenvalue weighted by Gasteiger charge is -2.44. The smallest absolute Gasteiger partial charge is 0.229 e. The first-order valence-corrected chi connectivity index (χ1v) is 7.75. The summed E-state index contributed by atoms with van der Waals surface area (Å²) in [5.74, 6) is -1.08. The molecule has 0 radical (unpaired) electrons. The Morgan fingerprint density at radius 2 is 1.83 bits per heavy atom. The predicted octanol–water partition coefficient (Wildman–Crippen LogP) is -2.35. The van der Waals surface area contributed by atoms with Gasteiger partial charge in [-0.15, -0.1) is 0 Å². The Hall–Kier alpha value is -1.10. The highest BCUT2D eigenvalue weighted by atomic mass is 16.5. The minimum absolute atomic E-state index is 0.106. The highest BCUT2D eigenvalue weighted by molar-refractivity contribution is 5.94. The van der Waals surface area contributed by atoms with E-state index >= 15 is 0 Å². The van der Waals surface area contributed by atoms with Crippen molar-refractivity contribution in [3.8, 4) is 0 Å². The number of hydrogen-bond donors (Lipinski definition) is 5. The molecule has 1 aliphatic rings. The van der Waals surface area contributed by atoms with Gasteiger partial charge in [-0.2, -0.15) is 0 Å². The number of aliphatic hydroxyl groups excluding tert-OH is 3. The molecule has 5 atom stereocenters. The van der Waals surface area contributed by atoms with E-state index in [9.17, 15) is 19.8 Å². The van der Waals surface area contributed by atoms with E-state index in [0.29, 0.717) is 13.0 Å². The highest BCUT2D eigenvalue weighted by Gasteiger charge is 2.47. The van der Waals surface area contributed by atoms with Gasteiger partial charge in [0.15, 0.2) is 0 Å². The Bertz CT molecular complexity index is 408. The molecule has 0 aromatic rings. The van der Waals surface area contributed by atoms with Crippen molar-refractivity contribution in [2.75, 3.05) is 13.2 Å². The maximum absolute atomic E-state index is 12.3. The summed E-state index contributed by atoms with van der Waals surface area (Å²) in [6.07, 6.45) is -3.01. The van der Waals surface area contributed by atoms with Gasteiger partial charge < -0.3 is 31.5 Å². The average Bonchev–Trinajstić information content (AvgIpc) is 2.50. The zero-order chi connectivity index (χ0) is 17.6. The number of imide groups is 1. The van der Waals surface area contributed by atoms with Gasteiger partial charge in [-0.25, -0.2) is 0 Å². The van der Waals surface area contributed by atoms with E-state index in [-0.39, 0.29) is 6.42 Å². The molecule has 0 spiro atoms. The monoisotopic (exact) mass is 333 g/mol. The summed E-state index contributed by atoms with van der Waals surface area (Å²) < 4.78 is 5.21. The maximum atomic E-state index is 12.3. The second-order valence-corrected chi connectivity index (χ2v) is 5.68. The quantitative estimate of drug-likeness (QED) is 0.324. The third-order valence-corrected chi connectivity index (χ3v) is 3.93. The van der Waals surface area contributed by atoms with Crippen LogP contribution in [-0.4, -0.2) is 75.8 Å². The molecule has 1 fully saturated rings. The van der Waals surface area contributed by atoms with E-state index < -0.39 is 49.0 Å². The molecule has 9 heteroatoms. The first-order valence-electron chi connectivity index (χ1n) is 7.75. The Morgan fingerprint density at radius 1 is 1.17 bits per heavy atom. The van der Waals surface area contributed by atoms with Gasteiger partial charge in [-0.3, -0.25) is 14.5 Å². The average molecular weight is 333 g/mol. The third kappa shape index (κ3) is 4.93. The Kier molecular flexibility index (Phi) is 8.03. The lowest BCUT2D eigenvalue weighted by molar-refractivity contribution is -0.213. The van der Waals surface area contributed by atoms with E-state index in [1.54, 1.807) is 0 Å². The molecule has 0 saturated carbocycles. The zero-order valence-electron chi connectivity index (χ0n) is 13.3. The van der Waals surface area contributed by atoms with Gasteiger partial charge in [-0.05, 0) is 19.4 Å². The molecule has 23 heavy (non-hydrogen) atoms. The molecular weight excluding hydrogens is 306 g/mol. The second kappa shape index (κ2) is 9.26. The van der Waals surface area contributed by atoms with Crippen LogP contribution in [0.15, 0.2) is 0 Å². The predicted molar refractivity (Wildman–Crippen MR) is 80.8 cm³/mol. The molecule has 1 saturated heterocycles. The van der Waals surface area contributed by atoms with Crippen LogP contribution in [0.3, 0.4) is 0 Å². The highest BCUT2D eigenvalue weighted by Crippen LogP contribution is 2.24. The van der Waals surface area contributed by atoms with Crippen molar-refractivity contribution < 1.29 is 29.6 Å². The van der Waals surface area contributed by atoms with Crippen LogP contribution in [0.4, 0.5) is 0 Å². The van der Waals surface area contributed by atoms with E-state index in [4.69, 9.17) is 21.3 Å². The first kappa shape index (κ1) is 19.9. The van der Waals surface area contributed by atoms with Gasteiger partial charge in [0.1, 0.15) is 30.6 Å². The molecule has 9 nitrogen and oxygen atoms in total. The number of carbonyl (C=O) groups is 2. The first-order chi connectivity index (χ1) is 10.8. The summed E-state index contributed by atoms with van der Waals surface area (Å²) in [5.41, 5.74) is 11.2. The number of nitrogens with two attached hydrogens (primary N) is 2. The molecular formula is C14H27N3O6. The van der Waals surface area contributed by atoms with Gasteiger partial charge in [0.05, 0.1) is 6.61 Å². The lowest BCUT2D eigenvalue weighted by Crippen LogP contribution is -2.68. The van der Waals surface area contributed by atoms with Crippen LogP contribution in [0, 0.1) is 0 Å². The molecule has 134 valence electrons. The summed E-state index contributed by atoms with van der Waals surface area (Å²) in [6.45, 7) is 1.17. The van der Waals surface area contributed by atoms with Gasteiger partial charge in [0.2, 0.25) is 11.8 Å². The van der Waals surface area contributed by atoms with Crippen molar-refractivity contribution in [3.63, 3.8) is 0 Å². The fraction of sp³-hybridized carbons (Fsp3) is 0.857. The van der Waals surface area contributed by atoms with Crippen LogP contribution in [0.5, 0.6) is 0 Å². The summed E-state index contributed by atoms with van der Waals surface area (Å²) in [4.78, 5) is 25.0. The topological polar surface area (TPSA) is 159 Å². The maximum Gasteiger partial charge on any atom is 0.229 e. The minimum atomic E-state index is -1.49. The van der Waals surface area contributed by atoms with Gasteiger partial charge in [0.25, 0.3) is 0 Å². The molecule has 2 amide bonds. The molecule has 7 N–H and O–H groups in total. The molecule has 1 rings (SSSR count). The number of nitrogens with zero attached hydrogens (tertiary/aromatic N) is 1. The normalized spacial score (nSPS) is 31.0. The van der Waals surface area contributed by atoms with Gasteiger partial charge in [0, 0.05) is 13.3 Å². The van der Waals surface area contributed by atoms with E-state index in [1.807, 2.05) is 0 Å². The number of amides is 2. The summed E-state index contributed by atoms with van der Waals surface area (Å²) in [5, 5.41) is 29.2. The Morgan fingerprint density at radius 3 is 2.35 bits per heavy atom. The molecule has 0 bridgehead atoms. The molecule has 0 aromatic carbocycles. The minimum Gasteiger partial charge on any atom is -0.394 e. The summed E-state index contributed by atoms with van der Waals surface area (Å²) in [6, 6.07) is -1.20. The Labute approximate surface area is 135 Å². The second-order valence-electron chi connectivity index (χ2n) is 5.68. The summed E-state index contributed by atoms with van der Waals surface area (Å²) >= 11 is 0. The molecule has 0 aliphatic carbocycles. The number of ether oxygens (including phenoxy) is 1.